The van der Waals surface area contributed by atoms with Crippen molar-refractivity contribution in [1.29, 1.82) is 0 Å². The molecule has 4 heterocycles. The number of thiophene rings is 2. The van der Waals surface area contributed by atoms with Crippen LogP contribution in [0.1, 0.15) is 0 Å². The normalized spacial score (nSPS) is 11.6. The zero-order valence-electron chi connectivity index (χ0n) is 54.2. The van der Waals surface area contributed by atoms with Gasteiger partial charge in [-0.25, -0.2) is 4.98 Å². The standard InChI is InChI=1S/C94H60N4S2/c1-2-14-61(15-3-1)63-33-45-72(46-34-63)98(77-55-43-69(44-56-77)88-58-71-17-5-7-20-80(71)83-21-8-9-22-84(83)88)76-53-41-68(42-54-76)82-25-12-27-87-91-89(59-95-60-90(91)99-93(82)87)70-31-29-62(30-32-70)64-35-47-73(48-36-64)97(74-49-37-66(38-50-74)79-23-10-18-65-16-4-6-19-78(65)79)75-51-39-67(40-52-75)81-24-11-26-85-86-28-13-57-96-94(86)100-92(81)85/h1-60H. The molecule has 4 aromatic heterocycles. The Morgan fingerprint density at radius 3 is 1.21 bits per heavy atom. The lowest BCUT2D eigenvalue weighted by Crippen LogP contribution is -2.09. The molecule has 0 aliphatic carbocycles. The van der Waals surface area contributed by atoms with Gasteiger partial charge in [-0.2, -0.15) is 0 Å². The smallest absolute Gasteiger partial charge is 0.124 e. The molecule has 0 radical (unpaired) electrons. The lowest BCUT2D eigenvalue weighted by atomic mass is 9.93. The van der Waals surface area contributed by atoms with Crippen molar-refractivity contribution in [2.24, 2.45) is 0 Å². The number of pyridine rings is 2. The van der Waals surface area contributed by atoms with Gasteiger partial charge >= 0.3 is 0 Å². The van der Waals surface area contributed by atoms with E-state index in [1.54, 1.807) is 11.3 Å². The third-order valence-electron chi connectivity index (χ3n) is 19.9. The first kappa shape index (κ1) is 58.7. The van der Waals surface area contributed by atoms with Crippen LogP contribution in [0.25, 0.3) is 151 Å². The van der Waals surface area contributed by atoms with E-state index in [2.05, 4.69) is 350 Å². The lowest BCUT2D eigenvalue weighted by Gasteiger charge is -2.26. The summed E-state index contributed by atoms with van der Waals surface area (Å²) in [6.45, 7) is 0. The number of benzene rings is 15. The Bertz CT molecular complexity index is 6280. The van der Waals surface area contributed by atoms with Gasteiger partial charge in [0.2, 0.25) is 0 Å². The average molecular weight is 1310 g/mol. The number of hydrogen-bond acceptors (Lipinski definition) is 6. The van der Waals surface area contributed by atoms with E-state index < -0.39 is 0 Å². The summed E-state index contributed by atoms with van der Waals surface area (Å²) in [5.74, 6) is 0. The molecule has 15 aromatic carbocycles. The molecule has 100 heavy (non-hydrogen) atoms. The SMILES string of the molecule is c1ccc(-c2ccc(N(c3ccc(-c4cc5ccccc5c5ccccc45)cc3)c3ccc(-c4cccc5c4sc4cncc(-c6ccc(-c7ccc(N(c8ccc(-c9cccc%10ccccc9%10)cc8)c8ccc(-c9cccc%10c9sc9ncccc9%10)cc8)cc7)cc6)c45)cc3)cc2)cc1. The van der Waals surface area contributed by atoms with Crippen LogP contribution < -0.4 is 9.80 Å². The van der Waals surface area contributed by atoms with Crippen LogP contribution in [0.2, 0.25) is 0 Å². The maximum Gasteiger partial charge on any atom is 0.124 e. The summed E-state index contributed by atoms with van der Waals surface area (Å²) in [5.41, 5.74) is 23.0. The highest BCUT2D eigenvalue weighted by atomic mass is 32.1. The Morgan fingerprint density at radius 2 is 0.620 bits per heavy atom. The Morgan fingerprint density at radius 1 is 0.230 bits per heavy atom. The molecule has 0 atom stereocenters. The summed E-state index contributed by atoms with van der Waals surface area (Å²) >= 11 is 3.58. The summed E-state index contributed by atoms with van der Waals surface area (Å²) in [6, 6.07) is 126. The predicted octanol–water partition coefficient (Wildman–Crippen LogP) is 27.3. The molecule has 19 rings (SSSR count). The van der Waals surface area contributed by atoms with Gasteiger partial charge in [-0.3, -0.25) is 4.98 Å². The lowest BCUT2D eigenvalue weighted by molar-refractivity contribution is 1.28. The van der Waals surface area contributed by atoms with Gasteiger partial charge in [0.25, 0.3) is 0 Å². The van der Waals surface area contributed by atoms with Gasteiger partial charge in [-0.05, 0) is 196 Å². The van der Waals surface area contributed by atoms with E-state index in [0.29, 0.717) is 0 Å². The molecule has 4 nitrogen and oxygen atoms in total. The van der Waals surface area contributed by atoms with E-state index in [0.717, 1.165) is 71.5 Å². The van der Waals surface area contributed by atoms with Crippen molar-refractivity contribution in [3.8, 4) is 77.9 Å². The van der Waals surface area contributed by atoms with Crippen molar-refractivity contribution < 1.29 is 0 Å². The number of aromatic nitrogens is 2. The summed E-state index contributed by atoms with van der Waals surface area (Å²) in [5, 5.41) is 12.4. The minimum atomic E-state index is 1.06. The van der Waals surface area contributed by atoms with E-state index in [9.17, 15) is 0 Å². The molecular weight excluding hydrogens is 1250 g/mol. The molecule has 468 valence electrons. The third-order valence-corrected chi connectivity index (χ3v) is 22.2. The van der Waals surface area contributed by atoms with Crippen molar-refractivity contribution in [2.75, 3.05) is 9.80 Å². The van der Waals surface area contributed by atoms with Crippen molar-refractivity contribution in [3.05, 3.63) is 364 Å². The molecule has 0 fully saturated rings. The van der Waals surface area contributed by atoms with Gasteiger partial charge in [0.05, 0.1) is 4.70 Å². The number of nitrogens with zero attached hydrogens (tertiary/aromatic N) is 4. The second-order valence-electron chi connectivity index (χ2n) is 25.6. The van der Waals surface area contributed by atoms with E-state index in [1.165, 1.54) is 113 Å². The largest absolute Gasteiger partial charge is 0.311 e. The van der Waals surface area contributed by atoms with Gasteiger partial charge in [-0.1, -0.05) is 255 Å². The first-order valence-corrected chi connectivity index (χ1v) is 35.5. The topological polar surface area (TPSA) is 32.3 Å². The van der Waals surface area contributed by atoms with Crippen molar-refractivity contribution >= 4 is 130 Å². The van der Waals surface area contributed by atoms with Crippen LogP contribution in [-0.4, -0.2) is 9.97 Å². The van der Waals surface area contributed by atoms with Gasteiger partial charge < -0.3 is 9.80 Å². The maximum atomic E-state index is 4.87. The number of fused-ring (bicyclic) bond motifs is 10. The van der Waals surface area contributed by atoms with E-state index in [1.807, 2.05) is 36.0 Å². The molecule has 0 N–H and O–H groups in total. The van der Waals surface area contributed by atoms with Crippen LogP contribution in [0.4, 0.5) is 34.1 Å². The van der Waals surface area contributed by atoms with Crippen molar-refractivity contribution in [1.82, 2.24) is 9.97 Å². The molecule has 0 spiro atoms. The highest BCUT2D eigenvalue weighted by molar-refractivity contribution is 7.26. The zero-order valence-corrected chi connectivity index (χ0v) is 55.9. The van der Waals surface area contributed by atoms with Gasteiger partial charge in [0.1, 0.15) is 4.83 Å². The van der Waals surface area contributed by atoms with Crippen LogP contribution in [0.5, 0.6) is 0 Å². The van der Waals surface area contributed by atoms with Gasteiger partial charge in [0.15, 0.2) is 0 Å². The molecule has 0 bridgehead atoms. The fourth-order valence-electron chi connectivity index (χ4n) is 15.0. The first-order valence-electron chi connectivity index (χ1n) is 33.9. The fraction of sp³-hybridized carbons (Fsp3) is 0. The van der Waals surface area contributed by atoms with Crippen LogP contribution in [0.3, 0.4) is 0 Å². The van der Waals surface area contributed by atoms with Crippen LogP contribution in [0, 0.1) is 0 Å². The summed E-state index contributed by atoms with van der Waals surface area (Å²) in [4.78, 5) is 15.4. The number of anilines is 6. The van der Waals surface area contributed by atoms with Crippen molar-refractivity contribution in [3.63, 3.8) is 0 Å². The van der Waals surface area contributed by atoms with Gasteiger partial charge in [0, 0.05) is 89.2 Å². The second kappa shape index (κ2) is 24.8. The second-order valence-corrected chi connectivity index (χ2v) is 27.6. The Labute approximate surface area is 587 Å². The van der Waals surface area contributed by atoms with Crippen LogP contribution in [0.15, 0.2) is 364 Å². The Balaban J connectivity index is 0.623. The molecule has 6 heteroatoms. The quantitative estimate of drug-likeness (QED) is 0.108. The monoisotopic (exact) mass is 1310 g/mol. The Kier molecular flexibility index (Phi) is 14.6. The third kappa shape index (κ3) is 10.4. The first-order chi connectivity index (χ1) is 49.6. The molecule has 0 unspecified atom stereocenters. The zero-order chi connectivity index (χ0) is 66.0. The number of hydrogen-bond donors (Lipinski definition) is 0. The molecule has 0 saturated carbocycles. The number of rotatable bonds is 13. The van der Waals surface area contributed by atoms with E-state index in [4.69, 9.17) is 9.97 Å². The summed E-state index contributed by atoms with van der Waals surface area (Å²) in [6.07, 6.45) is 5.95. The summed E-state index contributed by atoms with van der Waals surface area (Å²) in [7, 11) is 0. The highest BCUT2D eigenvalue weighted by Crippen LogP contribution is 2.47. The molecule has 0 saturated heterocycles. The van der Waals surface area contributed by atoms with Crippen LogP contribution in [-0.2, 0) is 0 Å². The molecule has 0 aliphatic rings. The van der Waals surface area contributed by atoms with Gasteiger partial charge in [-0.15, -0.1) is 22.7 Å². The predicted molar refractivity (Wildman–Crippen MR) is 428 cm³/mol. The Hall–Kier alpha value is -12.6. The minimum Gasteiger partial charge on any atom is -0.311 e. The average Bonchev–Trinajstić information content (AvgIpc) is 1.51. The molecular formula is C94H60N4S2. The fourth-order valence-corrected chi connectivity index (χ4v) is 17.4. The summed E-state index contributed by atoms with van der Waals surface area (Å²) < 4.78 is 3.66. The van der Waals surface area contributed by atoms with Crippen molar-refractivity contribution in [2.45, 2.75) is 0 Å². The van der Waals surface area contributed by atoms with Crippen LogP contribution >= 0.6 is 22.7 Å². The molecule has 0 aliphatic heterocycles. The maximum absolute atomic E-state index is 4.87. The highest BCUT2D eigenvalue weighted by Gasteiger charge is 2.21. The molecule has 0 amide bonds. The minimum absolute atomic E-state index is 1.06. The van der Waals surface area contributed by atoms with E-state index >= 15 is 0 Å². The van der Waals surface area contributed by atoms with E-state index in [-0.39, 0.29) is 0 Å². The molecule has 19 aromatic rings.